The van der Waals surface area contributed by atoms with E-state index in [1.165, 1.54) is 16.7 Å². The summed E-state index contributed by atoms with van der Waals surface area (Å²) in [6.07, 6.45) is 5.14. The molecule has 0 aliphatic carbocycles. The largest absolute Gasteiger partial charge is 1.00 e. The van der Waals surface area contributed by atoms with E-state index in [2.05, 4.69) is 38.1 Å². The molecule has 0 bridgehead atoms. The third kappa shape index (κ3) is 4.80. The fraction of sp³-hybridized carbons (Fsp3) is 0.217. The number of nitrogens with zero attached hydrogens (tertiary/aromatic N) is 1. The first-order chi connectivity index (χ1) is 12.1. The van der Waals surface area contributed by atoms with E-state index in [4.69, 9.17) is 0 Å². The van der Waals surface area contributed by atoms with Crippen molar-refractivity contribution in [3.8, 4) is 0 Å². The zero-order valence-corrected chi connectivity index (χ0v) is 16.0. The van der Waals surface area contributed by atoms with Crippen molar-refractivity contribution in [1.29, 1.82) is 0 Å². The number of aryl methyl sites for hydroxylation is 2. The van der Waals surface area contributed by atoms with Crippen molar-refractivity contribution in [1.82, 2.24) is 0 Å². The van der Waals surface area contributed by atoms with E-state index in [0.717, 1.165) is 5.56 Å². The van der Waals surface area contributed by atoms with Crippen molar-refractivity contribution < 1.29 is 21.8 Å². The Bertz CT molecular complexity index is 826. The summed E-state index contributed by atoms with van der Waals surface area (Å²) in [4.78, 5) is 13.2. The maximum atomic E-state index is 13.2. The average Bonchev–Trinajstić information content (AvgIpc) is 2.64. The molecule has 26 heavy (non-hydrogen) atoms. The van der Waals surface area contributed by atoms with E-state index >= 15 is 0 Å². The van der Waals surface area contributed by atoms with Crippen LogP contribution in [-0.2, 0) is 17.6 Å². The van der Waals surface area contributed by atoms with Gasteiger partial charge < -0.3 is 12.4 Å². The maximum Gasteiger partial charge on any atom is 0.220 e. The SMILES string of the molecule is Cc1cccc(C)c1CC(=O)C(Cc1ccccc1)[n+]1ccccc1.[Cl-]. The molecular formula is C23H24ClNO. The summed E-state index contributed by atoms with van der Waals surface area (Å²) in [5.41, 5.74) is 4.70. The second kappa shape index (κ2) is 9.30. The van der Waals surface area contributed by atoms with Gasteiger partial charge in [-0.1, -0.05) is 54.6 Å². The second-order valence-electron chi connectivity index (χ2n) is 6.54. The van der Waals surface area contributed by atoms with Gasteiger partial charge in [-0.05, 0) is 36.1 Å². The number of benzene rings is 2. The van der Waals surface area contributed by atoms with E-state index < -0.39 is 0 Å². The molecule has 0 spiro atoms. The lowest BCUT2D eigenvalue weighted by molar-refractivity contribution is -0.708. The summed E-state index contributed by atoms with van der Waals surface area (Å²) >= 11 is 0. The highest BCUT2D eigenvalue weighted by Crippen LogP contribution is 2.18. The number of carbonyl (C=O) groups is 1. The topological polar surface area (TPSA) is 20.9 Å². The molecule has 3 heteroatoms. The highest BCUT2D eigenvalue weighted by molar-refractivity contribution is 5.84. The average molecular weight is 366 g/mol. The van der Waals surface area contributed by atoms with Crippen LogP contribution in [0.3, 0.4) is 0 Å². The molecule has 2 aromatic carbocycles. The van der Waals surface area contributed by atoms with Crippen molar-refractivity contribution in [2.75, 3.05) is 0 Å². The zero-order chi connectivity index (χ0) is 17.6. The van der Waals surface area contributed by atoms with Crippen LogP contribution in [0.2, 0.25) is 0 Å². The summed E-state index contributed by atoms with van der Waals surface area (Å²) in [6, 6.07) is 22.2. The van der Waals surface area contributed by atoms with Gasteiger partial charge in [0.05, 0.1) is 0 Å². The molecule has 0 radical (unpaired) electrons. The van der Waals surface area contributed by atoms with Crippen LogP contribution in [0.15, 0.2) is 79.1 Å². The fourth-order valence-corrected chi connectivity index (χ4v) is 3.26. The Morgan fingerprint density at radius 1 is 0.846 bits per heavy atom. The summed E-state index contributed by atoms with van der Waals surface area (Å²) in [5, 5.41) is 0. The molecule has 0 aliphatic rings. The van der Waals surface area contributed by atoms with Gasteiger partial charge in [0.15, 0.2) is 12.4 Å². The van der Waals surface area contributed by atoms with Crippen LogP contribution >= 0.6 is 0 Å². The summed E-state index contributed by atoms with van der Waals surface area (Å²) in [7, 11) is 0. The Hall–Kier alpha value is -2.45. The number of aromatic nitrogens is 1. The Morgan fingerprint density at radius 2 is 1.42 bits per heavy atom. The maximum absolute atomic E-state index is 13.2. The molecule has 0 fully saturated rings. The fourth-order valence-electron chi connectivity index (χ4n) is 3.26. The van der Waals surface area contributed by atoms with Crippen LogP contribution in [0.25, 0.3) is 0 Å². The van der Waals surface area contributed by atoms with E-state index in [9.17, 15) is 4.79 Å². The predicted molar refractivity (Wildman–Crippen MR) is 100 cm³/mol. The van der Waals surface area contributed by atoms with Gasteiger partial charge in [0, 0.05) is 25.0 Å². The van der Waals surface area contributed by atoms with Gasteiger partial charge in [-0.3, -0.25) is 4.79 Å². The summed E-state index contributed by atoms with van der Waals surface area (Å²) < 4.78 is 2.03. The molecule has 0 saturated heterocycles. The van der Waals surface area contributed by atoms with Crippen LogP contribution in [0.5, 0.6) is 0 Å². The highest BCUT2D eigenvalue weighted by atomic mass is 35.5. The minimum absolute atomic E-state index is 0. The first-order valence-corrected chi connectivity index (χ1v) is 8.72. The zero-order valence-electron chi connectivity index (χ0n) is 15.2. The van der Waals surface area contributed by atoms with Gasteiger partial charge in [0.25, 0.3) is 0 Å². The van der Waals surface area contributed by atoms with Crippen molar-refractivity contribution in [3.05, 3.63) is 101 Å². The lowest BCUT2D eigenvalue weighted by Gasteiger charge is -2.14. The lowest BCUT2D eigenvalue weighted by atomic mass is 9.93. The molecule has 0 amide bonds. The van der Waals surface area contributed by atoms with Crippen molar-refractivity contribution in [3.63, 3.8) is 0 Å². The molecule has 1 atom stereocenters. The molecule has 134 valence electrons. The van der Waals surface area contributed by atoms with E-state index in [0.29, 0.717) is 12.8 Å². The number of hydrogen-bond acceptors (Lipinski definition) is 1. The Morgan fingerprint density at radius 3 is 2.04 bits per heavy atom. The highest BCUT2D eigenvalue weighted by Gasteiger charge is 2.28. The molecular weight excluding hydrogens is 342 g/mol. The first kappa shape index (κ1) is 19.9. The van der Waals surface area contributed by atoms with Gasteiger partial charge in [-0.25, -0.2) is 0 Å². The van der Waals surface area contributed by atoms with Gasteiger partial charge in [-0.15, -0.1) is 0 Å². The van der Waals surface area contributed by atoms with Gasteiger partial charge in [0.1, 0.15) is 0 Å². The third-order valence-electron chi connectivity index (χ3n) is 4.74. The number of halogens is 1. The summed E-state index contributed by atoms with van der Waals surface area (Å²) in [6.45, 7) is 4.16. The van der Waals surface area contributed by atoms with E-state index in [1.54, 1.807) is 0 Å². The molecule has 3 rings (SSSR count). The molecule has 1 aromatic heterocycles. The quantitative estimate of drug-likeness (QED) is 0.601. The Kier molecular flexibility index (Phi) is 7.11. The monoisotopic (exact) mass is 365 g/mol. The molecule has 2 nitrogen and oxygen atoms in total. The minimum Gasteiger partial charge on any atom is -1.00 e. The number of Topliss-reactive ketones (excluding diaryl/α,β-unsaturated/α-hetero) is 1. The van der Waals surface area contributed by atoms with Gasteiger partial charge in [0.2, 0.25) is 11.8 Å². The number of carbonyl (C=O) groups excluding carboxylic acids is 1. The molecule has 1 unspecified atom stereocenters. The van der Waals surface area contributed by atoms with Crippen LogP contribution in [0.1, 0.15) is 28.3 Å². The van der Waals surface area contributed by atoms with Crippen LogP contribution in [0.4, 0.5) is 0 Å². The third-order valence-corrected chi connectivity index (χ3v) is 4.74. The van der Waals surface area contributed by atoms with Gasteiger partial charge >= 0.3 is 0 Å². The van der Waals surface area contributed by atoms with Gasteiger partial charge in [-0.2, -0.15) is 4.57 Å². The summed E-state index contributed by atoms with van der Waals surface area (Å²) in [5.74, 6) is 0.248. The minimum atomic E-state index is -0.192. The van der Waals surface area contributed by atoms with Crippen molar-refractivity contribution >= 4 is 5.78 Å². The number of hydrogen-bond donors (Lipinski definition) is 0. The van der Waals surface area contributed by atoms with Crippen LogP contribution in [0, 0.1) is 13.8 Å². The number of ketones is 1. The van der Waals surface area contributed by atoms with Crippen molar-refractivity contribution in [2.45, 2.75) is 32.7 Å². The normalized spacial score (nSPS) is 11.5. The molecule has 0 saturated carbocycles. The lowest BCUT2D eigenvalue weighted by Crippen LogP contribution is -3.00. The molecule has 0 aliphatic heterocycles. The Labute approximate surface area is 161 Å². The standard InChI is InChI=1S/C23H24NO.ClH/c1-18-10-9-11-19(2)21(18)17-23(25)22(24-14-7-4-8-15-24)16-20-12-5-3-6-13-20;/h3-15,22H,16-17H2,1-2H3;1H/q+1;/p-1. The molecule has 1 heterocycles. The molecule has 3 aromatic rings. The van der Waals surface area contributed by atoms with Crippen LogP contribution in [-0.4, -0.2) is 5.78 Å². The van der Waals surface area contributed by atoms with Crippen molar-refractivity contribution in [2.24, 2.45) is 0 Å². The number of rotatable bonds is 6. The molecule has 0 N–H and O–H groups in total. The Balaban J connectivity index is 0.00000243. The smallest absolute Gasteiger partial charge is 0.220 e. The van der Waals surface area contributed by atoms with E-state index in [1.807, 2.05) is 59.4 Å². The van der Waals surface area contributed by atoms with Crippen LogP contribution < -0.4 is 17.0 Å². The second-order valence-corrected chi connectivity index (χ2v) is 6.54. The number of pyridine rings is 1. The van der Waals surface area contributed by atoms with E-state index in [-0.39, 0.29) is 24.2 Å². The first-order valence-electron chi connectivity index (χ1n) is 8.72. The predicted octanol–water partition coefficient (Wildman–Crippen LogP) is 1.19.